The third kappa shape index (κ3) is 6.70. The van der Waals surface area contributed by atoms with Gasteiger partial charge in [-0.1, -0.05) is 60.7 Å². The molecule has 0 saturated carbocycles. The lowest BCUT2D eigenvalue weighted by Crippen LogP contribution is -2.10. The lowest BCUT2D eigenvalue weighted by molar-refractivity contribution is -0.385. The van der Waals surface area contributed by atoms with Gasteiger partial charge in [0.2, 0.25) is 0 Å². The van der Waals surface area contributed by atoms with Gasteiger partial charge in [-0.25, -0.2) is 0 Å². The predicted octanol–water partition coefficient (Wildman–Crippen LogP) is 4.07. The Bertz CT molecular complexity index is 1110. The topological polar surface area (TPSA) is 139 Å². The van der Waals surface area contributed by atoms with Crippen molar-refractivity contribution in [3.05, 3.63) is 115 Å². The molecule has 174 valence electrons. The van der Waals surface area contributed by atoms with E-state index in [1.165, 1.54) is 36.4 Å². The van der Waals surface area contributed by atoms with Crippen LogP contribution in [0.15, 0.2) is 72.8 Å². The van der Waals surface area contributed by atoms with Crippen LogP contribution in [-0.4, -0.2) is 21.8 Å². The molecule has 34 heavy (non-hydrogen) atoms. The second kappa shape index (κ2) is 11.3. The van der Waals surface area contributed by atoms with Gasteiger partial charge in [-0.3, -0.25) is 29.8 Å². The summed E-state index contributed by atoms with van der Waals surface area (Å²) in [4.78, 5) is 45.1. The van der Waals surface area contributed by atoms with E-state index in [9.17, 15) is 29.8 Å². The molecule has 0 radical (unpaired) electrons. The number of rotatable bonds is 10. The molecule has 0 aliphatic carbocycles. The molecule has 0 fully saturated rings. The number of nitro groups is 2. The number of carbonyl (C=O) groups is 2. The van der Waals surface area contributed by atoms with E-state index in [0.717, 1.165) is 0 Å². The summed E-state index contributed by atoms with van der Waals surface area (Å²) in [6.07, 6.45) is -0.435. The van der Waals surface area contributed by atoms with Crippen LogP contribution in [0.4, 0.5) is 11.4 Å². The van der Waals surface area contributed by atoms with E-state index in [-0.39, 0.29) is 48.6 Å². The standard InChI is InChI=1S/C24H20N2O8/c27-23(13-19-5-1-3-7-21(19)25(29)30)33-15-17-9-11-18(12-10-17)16-34-24(28)14-20-6-2-4-8-22(20)26(31)32/h1-12H,13-16H2. The maximum Gasteiger partial charge on any atom is 0.310 e. The van der Waals surface area contributed by atoms with Gasteiger partial charge < -0.3 is 9.47 Å². The number of nitro benzene ring substituents is 2. The van der Waals surface area contributed by atoms with Gasteiger partial charge in [0.15, 0.2) is 0 Å². The predicted molar refractivity (Wildman–Crippen MR) is 120 cm³/mol. The Kier molecular flexibility index (Phi) is 8.01. The summed E-state index contributed by atoms with van der Waals surface area (Å²) in [6, 6.07) is 18.7. The van der Waals surface area contributed by atoms with E-state index < -0.39 is 21.8 Å². The van der Waals surface area contributed by atoms with E-state index in [1.807, 2.05) is 0 Å². The lowest BCUT2D eigenvalue weighted by atomic mass is 10.1. The Morgan fingerprint density at radius 3 is 1.32 bits per heavy atom. The van der Waals surface area contributed by atoms with Crippen molar-refractivity contribution < 1.29 is 28.9 Å². The molecular weight excluding hydrogens is 444 g/mol. The summed E-state index contributed by atoms with van der Waals surface area (Å²) >= 11 is 0. The zero-order valence-corrected chi connectivity index (χ0v) is 17.9. The van der Waals surface area contributed by atoms with Crippen LogP contribution in [0.1, 0.15) is 22.3 Å². The zero-order chi connectivity index (χ0) is 24.5. The molecule has 10 nitrogen and oxygen atoms in total. The molecule has 0 heterocycles. The van der Waals surface area contributed by atoms with Crippen LogP contribution in [0.5, 0.6) is 0 Å². The molecule has 0 spiro atoms. The van der Waals surface area contributed by atoms with Crippen LogP contribution in [0, 0.1) is 20.2 Å². The number of para-hydroxylation sites is 2. The SMILES string of the molecule is O=C(Cc1ccccc1[N+](=O)[O-])OCc1ccc(COC(=O)Cc2ccccc2[N+](=O)[O-])cc1. The first kappa shape index (κ1) is 24.1. The third-order valence-electron chi connectivity index (χ3n) is 4.87. The van der Waals surface area contributed by atoms with E-state index in [0.29, 0.717) is 11.1 Å². The minimum Gasteiger partial charge on any atom is -0.461 e. The van der Waals surface area contributed by atoms with Gasteiger partial charge in [-0.2, -0.15) is 0 Å². The molecule has 0 aromatic heterocycles. The Morgan fingerprint density at radius 2 is 0.971 bits per heavy atom. The highest BCUT2D eigenvalue weighted by molar-refractivity contribution is 5.74. The first-order valence-electron chi connectivity index (χ1n) is 10.2. The van der Waals surface area contributed by atoms with Crippen LogP contribution in [-0.2, 0) is 45.1 Å². The van der Waals surface area contributed by atoms with Gasteiger partial charge in [0.05, 0.1) is 22.7 Å². The number of benzene rings is 3. The van der Waals surface area contributed by atoms with Crippen LogP contribution in [0.2, 0.25) is 0 Å². The highest BCUT2D eigenvalue weighted by Gasteiger charge is 2.17. The van der Waals surface area contributed by atoms with Gasteiger partial charge in [-0.05, 0) is 11.1 Å². The maximum atomic E-state index is 12.1. The van der Waals surface area contributed by atoms with Crippen molar-refractivity contribution in [1.82, 2.24) is 0 Å². The first-order valence-corrected chi connectivity index (χ1v) is 10.2. The van der Waals surface area contributed by atoms with Crippen molar-refractivity contribution in [2.24, 2.45) is 0 Å². The Morgan fingerprint density at radius 1 is 0.618 bits per heavy atom. The summed E-state index contributed by atoms with van der Waals surface area (Å²) in [5.74, 6) is -1.19. The Balaban J connectivity index is 1.47. The molecule has 0 saturated heterocycles. The maximum absolute atomic E-state index is 12.1. The lowest BCUT2D eigenvalue weighted by Gasteiger charge is -2.08. The highest BCUT2D eigenvalue weighted by Crippen LogP contribution is 2.20. The minimum absolute atomic E-state index is 0.0167. The minimum atomic E-state index is -0.595. The Hall–Kier alpha value is -4.60. The number of ether oxygens (including phenoxy) is 2. The molecule has 3 rings (SSSR count). The second-order valence-corrected chi connectivity index (χ2v) is 7.26. The van der Waals surface area contributed by atoms with E-state index in [2.05, 4.69) is 0 Å². The molecule has 0 N–H and O–H groups in total. The average Bonchev–Trinajstić information content (AvgIpc) is 2.82. The molecule has 0 aliphatic heterocycles. The summed E-state index contributed by atoms with van der Waals surface area (Å²) in [6.45, 7) is -0.0333. The van der Waals surface area contributed by atoms with Gasteiger partial charge in [0, 0.05) is 23.3 Å². The molecular formula is C24H20N2O8. The zero-order valence-electron chi connectivity index (χ0n) is 17.9. The molecule has 0 aliphatic rings. The third-order valence-corrected chi connectivity index (χ3v) is 4.87. The number of hydrogen-bond acceptors (Lipinski definition) is 8. The van der Waals surface area contributed by atoms with Crippen LogP contribution in [0.25, 0.3) is 0 Å². The van der Waals surface area contributed by atoms with Crippen molar-refractivity contribution in [2.75, 3.05) is 0 Å². The highest BCUT2D eigenvalue weighted by atomic mass is 16.6. The molecule has 3 aromatic rings. The summed E-state index contributed by atoms with van der Waals surface area (Å²) < 4.78 is 10.4. The molecule has 0 atom stereocenters. The van der Waals surface area contributed by atoms with Crippen molar-refractivity contribution >= 4 is 23.3 Å². The smallest absolute Gasteiger partial charge is 0.310 e. The molecule has 0 bridgehead atoms. The number of esters is 2. The fourth-order valence-corrected chi connectivity index (χ4v) is 3.15. The number of carbonyl (C=O) groups excluding carboxylic acids is 2. The van der Waals surface area contributed by atoms with E-state index >= 15 is 0 Å². The van der Waals surface area contributed by atoms with Crippen LogP contribution < -0.4 is 0 Å². The van der Waals surface area contributed by atoms with Crippen molar-refractivity contribution in [1.29, 1.82) is 0 Å². The van der Waals surface area contributed by atoms with Crippen LogP contribution in [0.3, 0.4) is 0 Å². The quantitative estimate of drug-likeness (QED) is 0.248. The number of hydrogen-bond donors (Lipinski definition) is 0. The fourth-order valence-electron chi connectivity index (χ4n) is 3.15. The van der Waals surface area contributed by atoms with Crippen molar-refractivity contribution in [3.8, 4) is 0 Å². The fraction of sp³-hybridized carbons (Fsp3) is 0.167. The van der Waals surface area contributed by atoms with Gasteiger partial charge in [0.25, 0.3) is 11.4 Å². The largest absolute Gasteiger partial charge is 0.461 e. The summed E-state index contributed by atoms with van der Waals surface area (Å²) in [5.41, 5.74) is 1.64. The molecule has 3 aromatic carbocycles. The van der Waals surface area contributed by atoms with Crippen molar-refractivity contribution in [2.45, 2.75) is 26.1 Å². The van der Waals surface area contributed by atoms with Crippen LogP contribution >= 0.6 is 0 Å². The van der Waals surface area contributed by atoms with Crippen molar-refractivity contribution in [3.63, 3.8) is 0 Å². The Labute approximate surface area is 194 Å². The average molecular weight is 464 g/mol. The first-order chi connectivity index (χ1) is 16.3. The monoisotopic (exact) mass is 464 g/mol. The van der Waals surface area contributed by atoms with Gasteiger partial charge >= 0.3 is 11.9 Å². The van der Waals surface area contributed by atoms with Gasteiger partial charge in [-0.15, -0.1) is 0 Å². The second-order valence-electron chi connectivity index (χ2n) is 7.26. The normalized spacial score (nSPS) is 10.4. The molecule has 10 heteroatoms. The molecule has 0 unspecified atom stereocenters. The summed E-state index contributed by atoms with van der Waals surface area (Å²) in [5, 5.41) is 22.1. The summed E-state index contributed by atoms with van der Waals surface area (Å²) in [7, 11) is 0. The van der Waals surface area contributed by atoms with E-state index in [4.69, 9.17) is 9.47 Å². The van der Waals surface area contributed by atoms with Gasteiger partial charge in [0.1, 0.15) is 13.2 Å². The van der Waals surface area contributed by atoms with E-state index in [1.54, 1.807) is 36.4 Å². The number of nitrogens with zero attached hydrogens (tertiary/aromatic N) is 2. The molecule has 0 amide bonds.